The van der Waals surface area contributed by atoms with E-state index in [1.54, 1.807) is 7.11 Å². The molecule has 3 N–H and O–H groups in total. The zero-order valence-electron chi connectivity index (χ0n) is 17.0. The number of ether oxygens (including phenoxy) is 1. The van der Waals surface area contributed by atoms with Gasteiger partial charge in [0, 0.05) is 30.4 Å². The summed E-state index contributed by atoms with van der Waals surface area (Å²) in [6.45, 7) is 8.56. The van der Waals surface area contributed by atoms with E-state index in [-0.39, 0.29) is 5.95 Å². The Bertz CT molecular complexity index is 833. The Morgan fingerprint density at radius 2 is 2.00 bits per heavy atom. The largest absolute Gasteiger partial charge is 0.496 e. The summed E-state index contributed by atoms with van der Waals surface area (Å²) in [7, 11) is -0.489. The molecule has 0 saturated carbocycles. The summed E-state index contributed by atoms with van der Waals surface area (Å²) in [6, 6.07) is 6.00. The Labute approximate surface area is 162 Å². The van der Waals surface area contributed by atoms with Crippen LogP contribution < -0.4 is 15.8 Å². The molecule has 0 aliphatic carbocycles. The average Bonchev–Trinajstić information content (AvgIpc) is 2.57. The molecule has 1 heterocycles. The molecule has 0 aliphatic heterocycles. The lowest BCUT2D eigenvalue weighted by Gasteiger charge is -2.16. The van der Waals surface area contributed by atoms with Gasteiger partial charge in [0.05, 0.1) is 14.3 Å². The number of nitrogens with zero attached hydrogens (tertiary/aromatic N) is 2. The summed E-state index contributed by atoms with van der Waals surface area (Å²) < 4.78 is 17.8. The van der Waals surface area contributed by atoms with Crippen LogP contribution in [-0.4, -0.2) is 37.0 Å². The lowest BCUT2D eigenvalue weighted by atomic mass is 10.0. The second kappa shape index (κ2) is 9.23. The van der Waals surface area contributed by atoms with Gasteiger partial charge in [-0.05, 0) is 43.9 Å². The fraction of sp³-hybridized carbons (Fsp3) is 0.500. The quantitative estimate of drug-likeness (QED) is 0.490. The van der Waals surface area contributed by atoms with Crippen LogP contribution in [0.5, 0.6) is 5.75 Å². The van der Waals surface area contributed by atoms with Crippen molar-refractivity contribution in [1.29, 1.82) is 0 Å². The lowest BCUT2D eigenvalue weighted by molar-refractivity contribution is 0.410. The second-order valence-electron chi connectivity index (χ2n) is 7.33. The topological polar surface area (TPSA) is 90.1 Å². The van der Waals surface area contributed by atoms with Crippen LogP contribution in [0.2, 0.25) is 0 Å². The number of nitrogen functional groups attached to an aromatic ring is 1. The maximum Gasteiger partial charge on any atom is 0.222 e. The Hall–Kier alpha value is -2.07. The molecule has 0 aliphatic rings. The molecule has 7 heteroatoms. The van der Waals surface area contributed by atoms with Crippen molar-refractivity contribution in [2.24, 2.45) is 0 Å². The van der Waals surface area contributed by atoms with E-state index >= 15 is 0 Å². The number of hydrogen-bond acceptors (Lipinski definition) is 6. The lowest BCUT2D eigenvalue weighted by Crippen LogP contribution is -2.11. The van der Waals surface area contributed by atoms with Crippen LogP contribution in [0.3, 0.4) is 0 Å². The number of aromatic nitrogens is 2. The predicted octanol–water partition coefficient (Wildman–Crippen LogP) is 4.30. The van der Waals surface area contributed by atoms with Gasteiger partial charge >= 0.3 is 0 Å². The smallest absolute Gasteiger partial charge is 0.222 e. The molecular formula is C20H31N4O2P. The Morgan fingerprint density at radius 3 is 2.63 bits per heavy atom. The molecule has 0 atom stereocenters. The summed E-state index contributed by atoms with van der Waals surface area (Å²) >= 11 is 0. The van der Waals surface area contributed by atoms with Crippen LogP contribution in [0, 0.1) is 6.92 Å². The number of unbranched alkanes of at least 4 members (excludes halogenated alkanes) is 1. The minimum absolute atomic E-state index is 0.272. The van der Waals surface area contributed by atoms with Crippen molar-refractivity contribution in [3.8, 4) is 5.75 Å². The Kier molecular flexibility index (Phi) is 7.25. The summed E-state index contributed by atoms with van der Waals surface area (Å²) in [5.74, 6) is 1.85. The van der Waals surface area contributed by atoms with Crippen molar-refractivity contribution in [2.45, 2.75) is 39.3 Å². The standard InChI is InChI=1S/C20H31N4O2P/c1-6-7-10-22-19-17(14(2)23-20(21)24-19)12-16-11-15(13-27(4,5)25)8-9-18(16)26-3/h8-9,11H,6-7,10,12-13H2,1-5H3,(H3,21,22,23,24). The van der Waals surface area contributed by atoms with E-state index in [1.807, 2.05) is 32.4 Å². The van der Waals surface area contributed by atoms with E-state index in [1.165, 1.54) is 0 Å². The van der Waals surface area contributed by atoms with Crippen molar-refractivity contribution in [3.05, 3.63) is 40.6 Å². The summed E-state index contributed by atoms with van der Waals surface area (Å²) in [4.78, 5) is 8.75. The van der Waals surface area contributed by atoms with Crippen LogP contribution in [0.25, 0.3) is 0 Å². The molecule has 0 bridgehead atoms. The molecule has 1 aromatic carbocycles. The number of aryl methyl sites for hydroxylation is 1. The van der Waals surface area contributed by atoms with Crippen molar-refractivity contribution < 1.29 is 9.30 Å². The first-order chi connectivity index (χ1) is 12.7. The summed E-state index contributed by atoms with van der Waals surface area (Å²) in [5.41, 5.74) is 9.79. The highest BCUT2D eigenvalue weighted by atomic mass is 31.2. The minimum Gasteiger partial charge on any atom is -0.496 e. The molecular weight excluding hydrogens is 359 g/mol. The van der Waals surface area contributed by atoms with Crippen molar-refractivity contribution in [1.82, 2.24) is 9.97 Å². The van der Waals surface area contributed by atoms with E-state index in [0.29, 0.717) is 12.6 Å². The number of rotatable bonds is 9. The van der Waals surface area contributed by atoms with Gasteiger partial charge in [0.25, 0.3) is 0 Å². The third-order valence-corrected chi connectivity index (χ3v) is 5.46. The molecule has 0 fully saturated rings. The molecule has 6 nitrogen and oxygen atoms in total. The van der Waals surface area contributed by atoms with Gasteiger partial charge in [-0.25, -0.2) is 4.98 Å². The summed E-state index contributed by atoms with van der Waals surface area (Å²) in [6.07, 6.45) is 3.35. The highest BCUT2D eigenvalue weighted by Crippen LogP contribution is 2.41. The first kappa shape index (κ1) is 21.2. The first-order valence-electron chi connectivity index (χ1n) is 9.30. The molecule has 0 radical (unpaired) electrons. The number of nitrogens with one attached hydrogen (secondary N) is 1. The molecule has 0 spiro atoms. The zero-order chi connectivity index (χ0) is 20.0. The molecule has 2 rings (SSSR count). The molecule has 0 saturated heterocycles. The molecule has 27 heavy (non-hydrogen) atoms. The third-order valence-electron chi connectivity index (χ3n) is 4.33. The Morgan fingerprint density at radius 1 is 1.26 bits per heavy atom. The van der Waals surface area contributed by atoms with Crippen molar-refractivity contribution in [3.63, 3.8) is 0 Å². The first-order valence-corrected chi connectivity index (χ1v) is 12.1. The Balaban J connectivity index is 2.40. The maximum absolute atomic E-state index is 12.2. The van der Waals surface area contributed by atoms with Crippen LogP contribution in [0.4, 0.5) is 11.8 Å². The molecule has 148 valence electrons. The molecule has 0 unspecified atom stereocenters. The van der Waals surface area contributed by atoms with Gasteiger partial charge < -0.3 is 20.4 Å². The predicted molar refractivity (Wildman–Crippen MR) is 114 cm³/mol. The fourth-order valence-corrected chi connectivity index (χ4v) is 4.13. The van der Waals surface area contributed by atoms with E-state index < -0.39 is 7.14 Å². The van der Waals surface area contributed by atoms with E-state index in [2.05, 4.69) is 28.3 Å². The van der Waals surface area contributed by atoms with Gasteiger partial charge in [-0.15, -0.1) is 0 Å². The molecule has 0 amide bonds. The average molecular weight is 390 g/mol. The van der Waals surface area contributed by atoms with Crippen LogP contribution in [-0.2, 0) is 17.1 Å². The number of methoxy groups -OCH3 is 1. The minimum atomic E-state index is -2.15. The number of hydrogen-bond donors (Lipinski definition) is 2. The fourth-order valence-electron chi connectivity index (χ4n) is 3.06. The van der Waals surface area contributed by atoms with Gasteiger partial charge in [-0.2, -0.15) is 4.98 Å². The van der Waals surface area contributed by atoms with Gasteiger partial charge in [0.15, 0.2) is 0 Å². The molecule has 1 aromatic heterocycles. The van der Waals surface area contributed by atoms with Gasteiger partial charge in [0.2, 0.25) is 5.95 Å². The van der Waals surface area contributed by atoms with Crippen molar-refractivity contribution in [2.75, 3.05) is 38.0 Å². The van der Waals surface area contributed by atoms with Crippen molar-refractivity contribution >= 4 is 18.9 Å². The van der Waals surface area contributed by atoms with E-state index in [4.69, 9.17) is 10.5 Å². The van der Waals surface area contributed by atoms with Crippen LogP contribution in [0.1, 0.15) is 42.1 Å². The third kappa shape index (κ3) is 6.24. The summed E-state index contributed by atoms with van der Waals surface area (Å²) in [5, 5.41) is 3.39. The number of benzene rings is 1. The van der Waals surface area contributed by atoms with Gasteiger partial charge in [-0.3, -0.25) is 0 Å². The SMILES string of the molecule is CCCCNc1nc(N)nc(C)c1Cc1cc(CP(C)(C)=O)ccc1OC. The van der Waals surface area contributed by atoms with E-state index in [0.717, 1.165) is 53.3 Å². The van der Waals surface area contributed by atoms with Crippen LogP contribution in [0.15, 0.2) is 18.2 Å². The van der Waals surface area contributed by atoms with E-state index in [9.17, 15) is 4.57 Å². The highest BCUT2D eigenvalue weighted by molar-refractivity contribution is 7.61. The normalized spacial score (nSPS) is 11.4. The van der Waals surface area contributed by atoms with Gasteiger partial charge in [-0.1, -0.05) is 25.5 Å². The zero-order valence-corrected chi connectivity index (χ0v) is 17.9. The number of nitrogens with two attached hydrogens (primary N) is 1. The second-order valence-corrected chi connectivity index (χ2v) is 10.8. The molecule has 2 aromatic rings. The number of anilines is 2. The maximum atomic E-state index is 12.2. The monoisotopic (exact) mass is 390 g/mol. The highest BCUT2D eigenvalue weighted by Gasteiger charge is 2.16. The van der Waals surface area contributed by atoms with Gasteiger partial charge in [0.1, 0.15) is 11.6 Å². The van der Waals surface area contributed by atoms with Crippen LogP contribution >= 0.6 is 7.14 Å².